The van der Waals surface area contributed by atoms with Crippen molar-refractivity contribution in [2.45, 2.75) is 12.8 Å². The van der Waals surface area contributed by atoms with Crippen molar-refractivity contribution in [1.82, 2.24) is 4.98 Å². The molecule has 1 aromatic carbocycles. The number of hydrogen-bond donors (Lipinski definition) is 0. The SMILES string of the molecule is COc1ccc(C=C2CCCN=C2c2cccnc2)c(OC)c1.Cl.Cl. The fraction of sp³-hybridized carbons (Fsp3) is 0.263. The van der Waals surface area contributed by atoms with Gasteiger partial charge in [-0.25, -0.2) is 0 Å². The fourth-order valence-corrected chi connectivity index (χ4v) is 2.73. The number of aliphatic imine (C=N–C) groups is 1. The van der Waals surface area contributed by atoms with Gasteiger partial charge in [0.15, 0.2) is 0 Å². The van der Waals surface area contributed by atoms with Gasteiger partial charge in [0, 0.05) is 36.1 Å². The van der Waals surface area contributed by atoms with E-state index in [1.807, 2.05) is 30.5 Å². The first-order chi connectivity index (χ1) is 11.3. The van der Waals surface area contributed by atoms with E-state index in [2.05, 4.69) is 17.1 Å². The van der Waals surface area contributed by atoms with Crippen molar-refractivity contribution in [3.63, 3.8) is 0 Å². The third-order valence-corrected chi connectivity index (χ3v) is 3.88. The Balaban J connectivity index is 0.00000156. The minimum Gasteiger partial charge on any atom is -0.497 e. The van der Waals surface area contributed by atoms with Crippen LogP contribution in [0.15, 0.2) is 53.3 Å². The number of aromatic nitrogens is 1. The van der Waals surface area contributed by atoms with Gasteiger partial charge in [-0.15, -0.1) is 24.8 Å². The zero-order valence-corrected chi connectivity index (χ0v) is 15.9. The molecule has 134 valence electrons. The number of methoxy groups -OCH3 is 2. The van der Waals surface area contributed by atoms with Crippen LogP contribution in [-0.2, 0) is 0 Å². The molecule has 0 N–H and O–H groups in total. The molecule has 0 atom stereocenters. The molecule has 3 rings (SSSR count). The van der Waals surface area contributed by atoms with E-state index in [0.717, 1.165) is 47.7 Å². The minimum absolute atomic E-state index is 0. The molecule has 1 aliphatic rings. The Bertz CT molecular complexity index is 746. The summed E-state index contributed by atoms with van der Waals surface area (Å²) < 4.78 is 10.8. The van der Waals surface area contributed by atoms with Gasteiger partial charge in [0.2, 0.25) is 0 Å². The average molecular weight is 381 g/mol. The number of allylic oxidation sites excluding steroid dienone is 1. The molecule has 1 aromatic heterocycles. The highest BCUT2D eigenvalue weighted by molar-refractivity contribution is 6.15. The normalized spacial score (nSPS) is 14.8. The molecule has 0 amide bonds. The van der Waals surface area contributed by atoms with E-state index in [9.17, 15) is 0 Å². The fourth-order valence-electron chi connectivity index (χ4n) is 2.73. The maximum Gasteiger partial charge on any atom is 0.129 e. The van der Waals surface area contributed by atoms with Crippen LogP contribution in [0.3, 0.4) is 0 Å². The second-order valence-electron chi connectivity index (χ2n) is 5.35. The third kappa shape index (κ3) is 4.97. The Morgan fingerprint density at radius 2 is 1.92 bits per heavy atom. The largest absolute Gasteiger partial charge is 0.497 e. The van der Waals surface area contributed by atoms with Gasteiger partial charge in [-0.3, -0.25) is 9.98 Å². The van der Waals surface area contributed by atoms with Gasteiger partial charge in [0.05, 0.1) is 19.9 Å². The number of hydrogen-bond acceptors (Lipinski definition) is 4. The van der Waals surface area contributed by atoms with Crippen LogP contribution >= 0.6 is 24.8 Å². The first-order valence-electron chi connectivity index (χ1n) is 7.69. The van der Waals surface area contributed by atoms with Gasteiger partial charge in [-0.05, 0) is 48.8 Å². The highest BCUT2D eigenvalue weighted by atomic mass is 35.5. The molecule has 0 fully saturated rings. The van der Waals surface area contributed by atoms with Crippen LogP contribution < -0.4 is 9.47 Å². The van der Waals surface area contributed by atoms with Gasteiger partial charge < -0.3 is 9.47 Å². The lowest BCUT2D eigenvalue weighted by molar-refractivity contribution is 0.393. The van der Waals surface area contributed by atoms with E-state index >= 15 is 0 Å². The van der Waals surface area contributed by atoms with Crippen molar-refractivity contribution in [2.75, 3.05) is 20.8 Å². The van der Waals surface area contributed by atoms with Crippen molar-refractivity contribution in [3.8, 4) is 11.5 Å². The zero-order chi connectivity index (χ0) is 16.1. The molecule has 4 nitrogen and oxygen atoms in total. The molecule has 2 aromatic rings. The number of halogens is 2. The Morgan fingerprint density at radius 3 is 2.60 bits per heavy atom. The molecule has 6 heteroatoms. The zero-order valence-electron chi connectivity index (χ0n) is 14.3. The monoisotopic (exact) mass is 380 g/mol. The van der Waals surface area contributed by atoms with Crippen LogP contribution in [0.1, 0.15) is 24.0 Å². The summed E-state index contributed by atoms with van der Waals surface area (Å²) in [5.74, 6) is 1.58. The van der Waals surface area contributed by atoms with Gasteiger partial charge in [0.1, 0.15) is 11.5 Å². The first-order valence-corrected chi connectivity index (χ1v) is 7.69. The molecule has 25 heavy (non-hydrogen) atoms. The maximum atomic E-state index is 5.49. The summed E-state index contributed by atoms with van der Waals surface area (Å²) >= 11 is 0. The van der Waals surface area contributed by atoms with Crippen LogP contribution in [0, 0.1) is 0 Å². The second kappa shape index (κ2) is 10.1. The smallest absolute Gasteiger partial charge is 0.129 e. The predicted molar refractivity (Wildman–Crippen MR) is 107 cm³/mol. The quantitative estimate of drug-likeness (QED) is 0.777. The topological polar surface area (TPSA) is 43.7 Å². The van der Waals surface area contributed by atoms with Crippen LogP contribution in [-0.4, -0.2) is 31.5 Å². The molecule has 0 saturated carbocycles. The molecule has 0 unspecified atom stereocenters. The Morgan fingerprint density at radius 1 is 1.08 bits per heavy atom. The van der Waals surface area contributed by atoms with Crippen LogP contribution in [0.25, 0.3) is 6.08 Å². The highest BCUT2D eigenvalue weighted by Gasteiger charge is 2.15. The summed E-state index contributed by atoms with van der Waals surface area (Å²) in [4.78, 5) is 8.92. The summed E-state index contributed by atoms with van der Waals surface area (Å²) in [6.45, 7) is 0.862. The van der Waals surface area contributed by atoms with E-state index < -0.39 is 0 Å². The van der Waals surface area contributed by atoms with Crippen molar-refractivity contribution >= 4 is 36.6 Å². The predicted octanol–water partition coefficient (Wildman–Crippen LogP) is 4.61. The van der Waals surface area contributed by atoms with E-state index in [1.54, 1.807) is 20.4 Å². The molecule has 0 aliphatic carbocycles. The van der Waals surface area contributed by atoms with E-state index in [-0.39, 0.29) is 24.8 Å². The molecule has 0 bridgehead atoms. The van der Waals surface area contributed by atoms with E-state index in [0.29, 0.717) is 0 Å². The van der Waals surface area contributed by atoms with E-state index in [4.69, 9.17) is 14.5 Å². The number of ether oxygens (including phenoxy) is 2. The molecule has 0 radical (unpaired) electrons. The lowest BCUT2D eigenvalue weighted by atomic mass is 9.94. The third-order valence-electron chi connectivity index (χ3n) is 3.88. The Kier molecular flexibility index (Phi) is 8.46. The maximum absolute atomic E-state index is 5.49. The molecule has 0 spiro atoms. The standard InChI is InChI=1S/C19H20N2O2.2ClH/c1-22-17-8-7-14(18(12-17)23-2)11-15-5-4-10-21-19(15)16-6-3-9-20-13-16;;/h3,6-9,11-13H,4-5,10H2,1-2H3;2*1H. The summed E-state index contributed by atoms with van der Waals surface area (Å²) in [5.41, 5.74) is 4.34. The van der Waals surface area contributed by atoms with Crippen LogP contribution in [0.2, 0.25) is 0 Å². The second-order valence-corrected chi connectivity index (χ2v) is 5.35. The number of pyridine rings is 1. The molecule has 2 heterocycles. The molecule has 1 aliphatic heterocycles. The molecule has 0 saturated heterocycles. The summed E-state index contributed by atoms with van der Waals surface area (Å²) in [7, 11) is 3.33. The molecular formula is C19H22Cl2N2O2. The van der Waals surface area contributed by atoms with Crippen molar-refractivity contribution in [2.24, 2.45) is 4.99 Å². The lowest BCUT2D eigenvalue weighted by Gasteiger charge is -2.17. The number of nitrogens with zero attached hydrogens (tertiary/aromatic N) is 2. The number of rotatable bonds is 4. The van der Waals surface area contributed by atoms with Crippen molar-refractivity contribution in [3.05, 3.63) is 59.4 Å². The Labute approximate surface area is 160 Å². The summed E-state index contributed by atoms with van der Waals surface area (Å²) in [5, 5.41) is 0. The lowest BCUT2D eigenvalue weighted by Crippen LogP contribution is -2.12. The molecular weight excluding hydrogens is 359 g/mol. The number of benzene rings is 1. The van der Waals surface area contributed by atoms with Crippen molar-refractivity contribution in [1.29, 1.82) is 0 Å². The first kappa shape index (κ1) is 21.0. The van der Waals surface area contributed by atoms with Gasteiger partial charge >= 0.3 is 0 Å². The van der Waals surface area contributed by atoms with Crippen LogP contribution in [0.4, 0.5) is 0 Å². The van der Waals surface area contributed by atoms with Gasteiger partial charge in [-0.2, -0.15) is 0 Å². The minimum atomic E-state index is 0. The van der Waals surface area contributed by atoms with Crippen LogP contribution in [0.5, 0.6) is 11.5 Å². The van der Waals surface area contributed by atoms with Gasteiger partial charge in [-0.1, -0.05) is 0 Å². The highest BCUT2D eigenvalue weighted by Crippen LogP contribution is 2.29. The van der Waals surface area contributed by atoms with Crippen molar-refractivity contribution < 1.29 is 9.47 Å². The van der Waals surface area contributed by atoms with E-state index in [1.165, 1.54) is 5.57 Å². The summed E-state index contributed by atoms with van der Waals surface area (Å²) in [6, 6.07) is 9.85. The summed E-state index contributed by atoms with van der Waals surface area (Å²) in [6.07, 6.45) is 7.87. The average Bonchev–Trinajstić information content (AvgIpc) is 2.63. The van der Waals surface area contributed by atoms with Gasteiger partial charge in [0.25, 0.3) is 0 Å². The Hall–Kier alpha value is -2.04.